The van der Waals surface area contributed by atoms with Crippen molar-refractivity contribution in [1.82, 2.24) is 15.5 Å². The zero-order valence-electron chi connectivity index (χ0n) is 8.06. The molecule has 0 saturated carbocycles. The lowest BCUT2D eigenvalue weighted by Crippen LogP contribution is -2.28. The van der Waals surface area contributed by atoms with E-state index in [4.69, 9.17) is 0 Å². The minimum absolute atomic E-state index is 0.169. The summed E-state index contributed by atoms with van der Waals surface area (Å²) in [6.45, 7) is 0.765. The average Bonchev–Trinajstić information content (AvgIpc) is 2.67. The van der Waals surface area contributed by atoms with Crippen LogP contribution in [-0.2, 0) is 6.18 Å². The quantitative estimate of drug-likeness (QED) is 0.760. The Morgan fingerprint density at radius 3 is 2.73 bits per heavy atom. The van der Waals surface area contributed by atoms with Gasteiger partial charge in [-0.25, -0.2) is 0 Å². The van der Waals surface area contributed by atoms with E-state index in [1.807, 2.05) is 0 Å². The van der Waals surface area contributed by atoms with Crippen LogP contribution >= 0.6 is 0 Å². The molecule has 0 aromatic carbocycles. The Morgan fingerprint density at radius 1 is 1.33 bits per heavy atom. The average molecular weight is 219 g/mol. The largest absolute Gasteiger partial charge is 0.419 e. The lowest BCUT2D eigenvalue weighted by atomic mass is 9.99. The highest BCUT2D eigenvalue weighted by atomic mass is 19.4. The Morgan fingerprint density at radius 2 is 2.13 bits per heavy atom. The predicted octanol–water partition coefficient (Wildman–Crippen LogP) is 2.24. The summed E-state index contributed by atoms with van der Waals surface area (Å²) >= 11 is 0. The highest BCUT2D eigenvalue weighted by Crippen LogP contribution is 2.35. The maximum atomic E-state index is 12.5. The molecule has 0 bridgehead atoms. The Bertz CT molecular complexity index is 326. The molecule has 1 atom stereocenters. The molecule has 1 saturated heterocycles. The van der Waals surface area contributed by atoms with Gasteiger partial charge in [0, 0.05) is 6.04 Å². The number of aromatic amines is 1. The third-order valence-electron chi connectivity index (χ3n) is 2.63. The molecular weight excluding hydrogens is 207 g/mol. The standard InChI is InChI=1S/C9H12F3N3/c10-9(11,12)6-5-14-15-8(6)7-3-1-2-4-13-7/h5,7,13H,1-4H2,(H,14,15). The molecule has 6 heteroatoms. The van der Waals surface area contributed by atoms with Crippen LogP contribution in [0.25, 0.3) is 0 Å². The zero-order valence-corrected chi connectivity index (χ0v) is 8.06. The van der Waals surface area contributed by atoms with Crippen molar-refractivity contribution >= 4 is 0 Å². The number of nitrogens with zero attached hydrogens (tertiary/aromatic N) is 1. The van der Waals surface area contributed by atoms with E-state index in [9.17, 15) is 13.2 Å². The first-order valence-electron chi connectivity index (χ1n) is 4.93. The third-order valence-corrected chi connectivity index (χ3v) is 2.63. The molecule has 0 aliphatic carbocycles. The molecule has 84 valence electrons. The van der Waals surface area contributed by atoms with Crippen LogP contribution in [0.5, 0.6) is 0 Å². The highest BCUT2D eigenvalue weighted by Gasteiger charge is 2.37. The summed E-state index contributed by atoms with van der Waals surface area (Å²) in [5, 5.41) is 8.99. The molecule has 3 nitrogen and oxygen atoms in total. The van der Waals surface area contributed by atoms with E-state index in [1.165, 1.54) is 0 Å². The number of H-pyrrole nitrogens is 1. The van der Waals surface area contributed by atoms with Gasteiger partial charge in [-0.15, -0.1) is 0 Å². The molecule has 0 spiro atoms. The van der Waals surface area contributed by atoms with E-state index < -0.39 is 11.7 Å². The fourth-order valence-corrected chi connectivity index (χ4v) is 1.89. The summed E-state index contributed by atoms with van der Waals surface area (Å²) in [6.07, 6.45) is -0.766. The van der Waals surface area contributed by atoms with E-state index in [0.717, 1.165) is 32.0 Å². The normalized spacial score (nSPS) is 23.0. The summed E-state index contributed by atoms with van der Waals surface area (Å²) in [7, 11) is 0. The van der Waals surface area contributed by atoms with Crippen LogP contribution in [0.3, 0.4) is 0 Å². The molecule has 1 unspecified atom stereocenters. The maximum absolute atomic E-state index is 12.5. The van der Waals surface area contributed by atoms with E-state index in [2.05, 4.69) is 15.5 Å². The zero-order chi connectivity index (χ0) is 10.9. The van der Waals surface area contributed by atoms with E-state index in [-0.39, 0.29) is 11.7 Å². The number of halogens is 3. The number of alkyl halides is 3. The first-order valence-corrected chi connectivity index (χ1v) is 4.93. The molecule has 0 amide bonds. The van der Waals surface area contributed by atoms with Gasteiger partial charge in [0.15, 0.2) is 0 Å². The van der Waals surface area contributed by atoms with Gasteiger partial charge in [-0.2, -0.15) is 18.3 Å². The summed E-state index contributed by atoms with van der Waals surface area (Å²) in [6, 6.07) is -0.238. The minimum Gasteiger partial charge on any atom is -0.309 e. The second kappa shape index (κ2) is 3.84. The number of piperidine rings is 1. The number of aromatic nitrogens is 2. The van der Waals surface area contributed by atoms with Crippen LogP contribution in [0.2, 0.25) is 0 Å². The summed E-state index contributed by atoms with van der Waals surface area (Å²) in [5.41, 5.74) is -0.482. The Kier molecular flexibility index (Phi) is 2.68. The van der Waals surface area contributed by atoms with Crippen molar-refractivity contribution in [3.05, 3.63) is 17.5 Å². The molecular formula is C9H12F3N3. The van der Waals surface area contributed by atoms with Gasteiger partial charge in [0.1, 0.15) is 0 Å². The van der Waals surface area contributed by atoms with Crippen molar-refractivity contribution in [3.8, 4) is 0 Å². The lowest BCUT2D eigenvalue weighted by Gasteiger charge is -2.23. The fraction of sp³-hybridized carbons (Fsp3) is 0.667. The maximum Gasteiger partial charge on any atom is 0.419 e. The lowest BCUT2D eigenvalue weighted by molar-refractivity contribution is -0.138. The molecule has 1 aromatic heterocycles. The second-order valence-electron chi connectivity index (χ2n) is 3.70. The Hall–Kier alpha value is -1.04. The minimum atomic E-state index is -4.32. The van der Waals surface area contributed by atoms with Crippen LogP contribution in [-0.4, -0.2) is 16.7 Å². The van der Waals surface area contributed by atoms with Gasteiger partial charge in [-0.1, -0.05) is 6.42 Å². The van der Waals surface area contributed by atoms with Crippen LogP contribution in [0, 0.1) is 0 Å². The number of hydrogen-bond donors (Lipinski definition) is 2. The van der Waals surface area contributed by atoms with Crippen molar-refractivity contribution in [2.24, 2.45) is 0 Å². The molecule has 2 N–H and O–H groups in total. The fourth-order valence-electron chi connectivity index (χ4n) is 1.89. The topological polar surface area (TPSA) is 40.7 Å². The second-order valence-corrected chi connectivity index (χ2v) is 3.70. The van der Waals surface area contributed by atoms with Crippen LogP contribution in [0.1, 0.15) is 36.6 Å². The first-order chi connectivity index (χ1) is 7.09. The van der Waals surface area contributed by atoms with E-state index in [1.54, 1.807) is 0 Å². The van der Waals surface area contributed by atoms with Crippen molar-refractivity contribution < 1.29 is 13.2 Å². The molecule has 2 heterocycles. The summed E-state index contributed by atoms with van der Waals surface area (Å²) < 4.78 is 37.6. The third kappa shape index (κ3) is 2.14. The van der Waals surface area contributed by atoms with Crippen molar-refractivity contribution in [3.63, 3.8) is 0 Å². The number of rotatable bonds is 1. The Balaban J connectivity index is 2.24. The summed E-state index contributed by atoms with van der Waals surface area (Å²) in [5.74, 6) is 0. The van der Waals surface area contributed by atoms with Gasteiger partial charge in [0.2, 0.25) is 0 Å². The molecule has 2 rings (SSSR count). The molecule has 1 aromatic rings. The monoisotopic (exact) mass is 219 g/mol. The van der Waals surface area contributed by atoms with Crippen molar-refractivity contribution in [1.29, 1.82) is 0 Å². The van der Waals surface area contributed by atoms with Gasteiger partial charge in [-0.3, -0.25) is 5.10 Å². The number of hydrogen-bond acceptors (Lipinski definition) is 2. The van der Waals surface area contributed by atoms with Crippen LogP contribution < -0.4 is 5.32 Å². The van der Waals surface area contributed by atoms with Gasteiger partial charge in [0.25, 0.3) is 0 Å². The van der Waals surface area contributed by atoms with E-state index in [0.29, 0.717) is 0 Å². The highest BCUT2D eigenvalue weighted by molar-refractivity contribution is 5.23. The molecule has 1 fully saturated rings. The van der Waals surface area contributed by atoms with Crippen molar-refractivity contribution in [2.45, 2.75) is 31.5 Å². The number of nitrogens with one attached hydrogen (secondary N) is 2. The Labute approximate surface area is 85.1 Å². The molecule has 0 radical (unpaired) electrons. The van der Waals surface area contributed by atoms with Crippen molar-refractivity contribution in [2.75, 3.05) is 6.54 Å². The summed E-state index contributed by atoms with van der Waals surface area (Å²) in [4.78, 5) is 0. The van der Waals surface area contributed by atoms with Gasteiger partial charge in [0.05, 0.1) is 17.5 Å². The SMILES string of the molecule is FC(F)(F)c1cn[nH]c1C1CCCCN1. The van der Waals surface area contributed by atoms with Gasteiger partial charge < -0.3 is 5.32 Å². The molecule has 15 heavy (non-hydrogen) atoms. The van der Waals surface area contributed by atoms with Crippen LogP contribution in [0.4, 0.5) is 13.2 Å². The van der Waals surface area contributed by atoms with Gasteiger partial charge >= 0.3 is 6.18 Å². The molecule has 1 aliphatic rings. The first kappa shape index (κ1) is 10.5. The van der Waals surface area contributed by atoms with Gasteiger partial charge in [-0.05, 0) is 19.4 Å². The molecule has 1 aliphatic heterocycles. The van der Waals surface area contributed by atoms with E-state index >= 15 is 0 Å². The smallest absolute Gasteiger partial charge is 0.309 e. The predicted molar refractivity (Wildman–Crippen MR) is 48.2 cm³/mol. The van der Waals surface area contributed by atoms with Crippen LogP contribution in [0.15, 0.2) is 6.20 Å².